The van der Waals surface area contributed by atoms with Crippen molar-refractivity contribution in [3.05, 3.63) is 100 Å². The SMILES string of the molecule is C=C(NCc1cccc(C(F)(F)F)c1)c1cc(Br)cc2c1cnn2-c1ccc(F)cc1. The average Bonchev–Trinajstić information content (AvgIpc) is 3.15. The number of alkyl halides is 3. The minimum absolute atomic E-state index is 0.183. The Balaban J connectivity index is 1.62. The van der Waals surface area contributed by atoms with E-state index < -0.39 is 11.7 Å². The predicted molar refractivity (Wildman–Crippen MR) is 116 cm³/mol. The van der Waals surface area contributed by atoms with Gasteiger partial charge in [0.15, 0.2) is 0 Å². The van der Waals surface area contributed by atoms with Crippen LogP contribution in [0.15, 0.2) is 77.9 Å². The van der Waals surface area contributed by atoms with Crippen LogP contribution in [0.5, 0.6) is 0 Å². The maximum Gasteiger partial charge on any atom is 0.416 e. The number of hydrogen-bond acceptors (Lipinski definition) is 2. The van der Waals surface area contributed by atoms with Crippen LogP contribution in [-0.4, -0.2) is 9.78 Å². The highest BCUT2D eigenvalue weighted by Crippen LogP contribution is 2.31. The van der Waals surface area contributed by atoms with Gasteiger partial charge in [-0.05, 0) is 54.1 Å². The van der Waals surface area contributed by atoms with Crippen LogP contribution < -0.4 is 5.32 Å². The first-order chi connectivity index (χ1) is 14.7. The average molecular weight is 490 g/mol. The lowest BCUT2D eigenvalue weighted by atomic mass is 10.1. The number of halogens is 5. The Hall–Kier alpha value is -3.13. The monoisotopic (exact) mass is 489 g/mol. The zero-order valence-corrected chi connectivity index (χ0v) is 17.6. The minimum Gasteiger partial charge on any atom is -0.381 e. The second kappa shape index (κ2) is 8.19. The van der Waals surface area contributed by atoms with E-state index in [4.69, 9.17) is 0 Å². The van der Waals surface area contributed by atoms with Crippen molar-refractivity contribution in [3.63, 3.8) is 0 Å². The van der Waals surface area contributed by atoms with Gasteiger partial charge in [0, 0.05) is 27.7 Å². The van der Waals surface area contributed by atoms with Crippen LogP contribution in [0.4, 0.5) is 17.6 Å². The number of rotatable bonds is 5. The molecule has 158 valence electrons. The molecule has 8 heteroatoms. The molecule has 0 aliphatic carbocycles. The van der Waals surface area contributed by atoms with Crippen molar-refractivity contribution in [1.29, 1.82) is 0 Å². The van der Waals surface area contributed by atoms with Crippen LogP contribution in [0.3, 0.4) is 0 Å². The number of benzene rings is 3. The summed E-state index contributed by atoms with van der Waals surface area (Å²) in [6.07, 6.45) is -2.71. The molecule has 0 saturated carbocycles. The number of fused-ring (bicyclic) bond motifs is 1. The third kappa shape index (κ3) is 4.49. The van der Waals surface area contributed by atoms with Gasteiger partial charge >= 0.3 is 6.18 Å². The maximum absolute atomic E-state index is 13.3. The van der Waals surface area contributed by atoms with Gasteiger partial charge in [0.05, 0.1) is 23.0 Å². The molecule has 4 aromatic rings. The number of aromatic nitrogens is 2. The molecular weight excluding hydrogens is 474 g/mol. The van der Waals surface area contributed by atoms with Crippen LogP contribution in [-0.2, 0) is 12.7 Å². The third-order valence-electron chi connectivity index (χ3n) is 4.81. The summed E-state index contributed by atoms with van der Waals surface area (Å²) in [5, 5.41) is 8.32. The summed E-state index contributed by atoms with van der Waals surface area (Å²) in [4.78, 5) is 0. The quantitative estimate of drug-likeness (QED) is 0.316. The van der Waals surface area contributed by atoms with Crippen LogP contribution >= 0.6 is 15.9 Å². The molecule has 0 aliphatic heterocycles. The van der Waals surface area contributed by atoms with E-state index in [1.165, 1.54) is 18.2 Å². The van der Waals surface area contributed by atoms with Crippen molar-refractivity contribution >= 4 is 32.5 Å². The van der Waals surface area contributed by atoms with Crippen molar-refractivity contribution < 1.29 is 17.6 Å². The van der Waals surface area contributed by atoms with Crippen LogP contribution in [0.2, 0.25) is 0 Å². The molecule has 0 fully saturated rings. The highest BCUT2D eigenvalue weighted by Gasteiger charge is 2.30. The van der Waals surface area contributed by atoms with Gasteiger partial charge in [-0.2, -0.15) is 18.3 Å². The molecule has 1 aromatic heterocycles. The van der Waals surface area contributed by atoms with Gasteiger partial charge in [-0.25, -0.2) is 9.07 Å². The lowest BCUT2D eigenvalue weighted by molar-refractivity contribution is -0.137. The minimum atomic E-state index is -4.39. The third-order valence-corrected chi connectivity index (χ3v) is 5.27. The van der Waals surface area contributed by atoms with E-state index in [9.17, 15) is 17.6 Å². The van der Waals surface area contributed by atoms with Crippen molar-refractivity contribution in [1.82, 2.24) is 15.1 Å². The van der Waals surface area contributed by atoms with E-state index in [-0.39, 0.29) is 12.4 Å². The Bertz CT molecular complexity index is 1260. The molecule has 4 rings (SSSR count). The van der Waals surface area contributed by atoms with E-state index in [1.54, 1.807) is 29.1 Å². The lowest BCUT2D eigenvalue weighted by Gasteiger charge is -2.13. The first-order valence-corrected chi connectivity index (χ1v) is 10.0. The Morgan fingerprint density at radius 1 is 1.06 bits per heavy atom. The normalized spacial score (nSPS) is 11.6. The Labute approximate surface area is 184 Å². The summed E-state index contributed by atoms with van der Waals surface area (Å²) in [6, 6.07) is 14.9. The summed E-state index contributed by atoms with van der Waals surface area (Å²) in [5.41, 5.74) is 2.57. The van der Waals surface area contributed by atoms with Crippen molar-refractivity contribution in [2.75, 3.05) is 0 Å². The second-order valence-corrected chi connectivity index (χ2v) is 7.86. The fourth-order valence-corrected chi connectivity index (χ4v) is 3.74. The lowest BCUT2D eigenvalue weighted by Crippen LogP contribution is -2.12. The van der Waals surface area contributed by atoms with Crippen molar-refractivity contribution in [2.45, 2.75) is 12.7 Å². The summed E-state index contributed by atoms with van der Waals surface area (Å²) >= 11 is 3.49. The molecule has 0 bridgehead atoms. The molecule has 31 heavy (non-hydrogen) atoms. The van der Waals surface area contributed by atoms with Gasteiger partial charge < -0.3 is 5.32 Å². The molecule has 0 spiro atoms. The van der Waals surface area contributed by atoms with E-state index in [0.717, 1.165) is 33.1 Å². The fourth-order valence-electron chi connectivity index (χ4n) is 3.29. The Kier molecular flexibility index (Phi) is 5.58. The van der Waals surface area contributed by atoms with Gasteiger partial charge in [0.25, 0.3) is 0 Å². The van der Waals surface area contributed by atoms with Crippen molar-refractivity contribution in [3.8, 4) is 5.69 Å². The van der Waals surface area contributed by atoms with E-state index in [0.29, 0.717) is 16.9 Å². The standard InChI is InChI=1S/C23H16BrF4N3/c1-14(29-12-15-3-2-4-16(9-15)23(26,27)28)20-10-17(24)11-22-21(20)13-30-31(22)19-7-5-18(25)6-8-19/h2-11,13,29H,1,12H2. The Morgan fingerprint density at radius 3 is 2.52 bits per heavy atom. The molecule has 0 saturated heterocycles. The van der Waals surface area contributed by atoms with Gasteiger partial charge in [-0.3, -0.25) is 0 Å². The molecule has 0 unspecified atom stereocenters. The molecule has 0 amide bonds. The molecule has 0 aliphatic rings. The van der Waals surface area contributed by atoms with Gasteiger partial charge in [0.1, 0.15) is 5.82 Å². The van der Waals surface area contributed by atoms with E-state index in [2.05, 4.69) is 32.9 Å². The fraction of sp³-hybridized carbons (Fsp3) is 0.0870. The smallest absolute Gasteiger partial charge is 0.381 e. The van der Waals surface area contributed by atoms with Gasteiger partial charge in [-0.1, -0.05) is 34.6 Å². The van der Waals surface area contributed by atoms with Crippen LogP contribution in [0, 0.1) is 5.82 Å². The molecule has 0 radical (unpaired) electrons. The molecule has 0 atom stereocenters. The summed E-state index contributed by atoms with van der Waals surface area (Å²) in [6.45, 7) is 4.24. The predicted octanol–water partition coefficient (Wildman–Crippen LogP) is 6.71. The van der Waals surface area contributed by atoms with Gasteiger partial charge in [0.2, 0.25) is 0 Å². The summed E-state index contributed by atoms with van der Waals surface area (Å²) in [7, 11) is 0. The van der Waals surface area contributed by atoms with Crippen molar-refractivity contribution in [2.24, 2.45) is 0 Å². The highest BCUT2D eigenvalue weighted by atomic mass is 79.9. The molecular formula is C23H16BrF4N3. The molecule has 3 aromatic carbocycles. The largest absolute Gasteiger partial charge is 0.416 e. The van der Waals surface area contributed by atoms with E-state index in [1.807, 2.05) is 12.1 Å². The summed E-state index contributed by atoms with van der Waals surface area (Å²) < 4.78 is 54.6. The second-order valence-electron chi connectivity index (χ2n) is 6.95. The topological polar surface area (TPSA) is 29.9 Å². The zero-order chi connectivity index (χ0) is 22.2. The molecule has 1 N–H and O–H groups in total. The van der Waals surface area contributed by atoms with Gasteiger partial charge in [-0.15, -0.1) is 0 Å². The summed E-state index contributed by atoms with van der Waals surface area (Å²) in [5.74, 6) is -0.339. The van der Waals surface area contributed by atoms with E-state index >= 15 is 0 Å². The molecule has 3 nitrogen and oxygen atoms in total. The molecule has 1 heterocycles. The number of nitrogens with zero attached hydrogens (tertiary/aromatic N) is 2. The first-order valence-electron chi connectivity index (χ1n) is 9.25. The van der Waals surface area contributed by atoms with Crippen LogP contribution in [0.1, 0.15) is 16.7 Å². The Morgan fingerprint density at radius 2 is 1.81 bits per heavy atom. The number of hydrogen-bond donors (Lipinski definition) is 1. The highest BCUT2D eigenvalue weighted by molar-refractivity contribution is 9.10. The maximum atomic E-state index is 13.3. The number of nitrogens with one attached hydrogen (secondary N) is 1. The zero-order valence-electron chi connectivity index (χ0n) is 16.0. The van der Waals surface area contributed by atoms with Crippen LogP contribution in [0.25, 0.3) is 22.3 Å². The first kappa shape index (κ1) is 21.1.